The first-order chi connectivity index (χ1) is 9.17. The number of nitrogens with zero attached hydrogens (tertiary/aromatic N) is 1. The zero-order valence-electron chi connectivity index (χ0n) is 11.9. The Labute approximate surface area is 115 Å². The van der Waals surface area contributed by atoms with Gasteiger partial charge in [-0.3, -0.25) is 9.59 Å². The molecule has 0 bridgehead atoms. The van der Waals surface area contributed by atoms with Crippen LogP contribution in [0.3, 0.4) is 0 Å². The molecule has 0 radical (unpaired) electrons. The molecule has 0 atom stereocenters. The smallest absolute Gasteiger partial charge is 0.242 e. The van der Waals surface area contributed by atoms with Crippen molar-refractivity contribution in [1.29, 1.82) is 0 Å². The highest BCUT2D eigenvalue weighted by atomic mass is 16.3. The standard InChI is InChI=1S/C14H26N2O3/c1-2-16(8-9-17)14(19)11-15-13(18)10-12-6-4-3-5-7-12/h12,17H,2-11H2,1H3,(H,15,18). The highest BCUT2D eigenvalue weighted by Crippen LogP contribution is 2.25. The molecule has 0 aromatic heterocycles. The third kappa shape index (κ3) is 6.05. The lowest BCUT2D eigenvalue weighted by atomic mass is 9.87. The third-order valence-electron chi connectivity index (χ3n) is 3.74. The molecule has 0 heterocycles. The molecule has 1 rings (SSSR count). The van der Waals surface area contributed by atoms with Gasteiger partial charge >= 0.3 is 0 Å². The van der Waals surface area contributed by atoms with E-state index in [9.17, 15) is 9.59 Å². The number of rotatable bonds is 7. The highest BCUT2D eigenvalue weighted by molar-refractivity contribution is 5.84. The van der Waals surface area contributed by atoms with Gasteiger partial charge in [0.1, 0.15) is 0 Å². The van der Waals surface area contributed by atoms with Crippen LogP contribution in [0.5, 0.6) is 0 Å². The fraction of sp³-hybridized carbons (Fsp3) is 0.857. The summed E-state index contributed by atoms with van der Waals surface area (Å²) in [5.41, 5.74) is 0. The Bertz CT molecular complexity index is 288. The van der Waals surface area contributed by atoms with Crippen LogP contribution in [0.1, 0.15) is 45.4 Å². The number of amides is 2. The van der Waals surface area contributed by atoms with Crippen molar-refractivity contribution in [2.24, 2.45) is 5.92 Å². The molecule has 0 saturated heterocycles. The summed E-state index contributed by atoms with van der Waals surface area (Å²) in [5.74, 6) is 0.331. The first-order valence-electron chi connectivity index (χ1n) is 7.32. The number of carbonyl (C=O) groups excluding carboxylic acids is 2. The number of nitrogens with one attached hydrogen (secondary N) is 1. The third-order valence-corrected chi connectivity index (χ3v) is 3.74. The Morgan fingerprint density at radius 3 is 2.53 bits per heavy atom. The zero-order chi connectivity index (χ0) is 14.1. The molecule has 5 nitrogen and oxygen atoms in total. The van der Waals surface area contributed by atoms with Gasteiger partial charge in [-0.15, -0.1) is 0 Å². The summed E-state index contributed by atoms with van der Waals surface area (Å²) in [6, 6.07) is 0. The Kier molecular flexibility index (Phi) is 7.48. The van der Waals surface area contributed by atoms with Crippen molar-refractivity contribution in [2.75, 3.05) is 26.2 Å². The maximum absolute atomic E-state index is 11.8. The molecule has 1 aliphatic carbocycles. The van der Waals surface area contributed by atoms with Crippen LogP contribution in [0.25, 0.3) is 0 Å². The minimum Gasteiger partial charge on any atom is -0.395 e. The predicted molar refractivity (Wildman–Crippen MR) is 73.5 cm³/mol. The normalized spacial score (nSPS) is 16.1. The minimum absolute atomic E-state index is 0.0275. The monoisotopic (exact) mass is 270 g/mol. The molecule has 1 saturated carbocycles. The lowest BCUT2D eigenvalue weighted by molar-refractivity contribution is -0.133. The quantitative estimate of drug-likeness (QED) is 0.722. The van der Waals surface area contributed by atoms with Crippen LogP contribution >= 0.6 is 0 Å². The zero-order valence-corrected chi connectivity index (χ0v) is 11.9. The van der Waals surface area contributed by atoms with Gasteiger partial charge in [0.2, 0.25) is 11.8 Å². The Morgan fingerprint density at radius 1 is 1.26 bits per heavy atom. The van der Waals surface area contributed by atoms with Gasteiger partial charge in [-0.2, -0.15) is 0 Å². The molecular weight excluding hydrogens is 244 g/mol. The molecule has 2 N–H and O–H groups in total. The van der Waals surface area contributed by atoms with Crippen molar-refractivity contribution in [1.82, 2.24) is 10.2 Å². The van der Waals surface area contributed by atoms with E-state index in [1.165, 1.54) is 19.3 Å². The van der Waals surface area contributed by atoms with Gasteiger partial charge in [-0.1, -0.05) is 19.3 Å². The molecule has 0 unspecified atom stereocenters. The summed E-state index contributed by atoms with van der Waals surface area (Å²) in [6.45, 7) is 2.73. The lowest BCUT2D eigenvalue weighted by Gasteiger charge is -2.22. The van der Waals surface area contributed by atoms with E-state index in [1.54, 1.807) is 4.90 Å². The maximum Gasteiger partial charge on any atom is 0.242 e. The highest BCUT2D eigenvalue weighted by Gasteiger charge is 2.18. The molecule has 1 aliphatic rings. The van der Waals surface area contributed by atoms with Crippen molar-refractivity contribution in [2.45, 2.75) is 45.4 Å². The fourth-order valence-corrected chi connectivity index (χ4v) is 2.59. The van der Waals surface area contributed by atoms with E-state index in [2.05, 4.69) is 5.32 Å². The summed E-state index contributed by atoms with van der Waals surface area (Å²) in [4.78, 5) is 25.1. The van der Waals surface area contributed by atoms with E-state index >= 15 is 0 Å². The van der Waals surface area contributed by atoms with Crippen LogP contribution in [0.15, 0.2) is 0 Å². The Morgan fingerprint density at radius 2 is 1.95 bits per heavy atom. The summed E-state index contributed by atoms with van der Waals surface area (Å²) in [6.07, 6.45) is 6.52. The van der Waals surface area contributed by atoms with Crippen molar-refractivity contribution in [3.8, 4) is 0 Å². The van der Waals surface area contributed by atoms with E-state index < -0.39 is 0 Å². The average molecular weight is 270 g/mol. The van der Waals surface area contributed by atoms with Crippen LogP contribution < -0.4 is 5.32 Å². The van der Waals surface area contributed by atoms with Crippen molar-refractivity contribution in [3.05, 3.63) is 0 Å². The summed E-state index contributed by atoms with van der Waals surface area (Å²) >= 11 is 0. The lowest BCUT2D eigenvalue weighted by Crippen LogP contribution is -2.41. The molecule has 0 spiro atoms. The second kappa shape index (κ2) is 8.91. The van der Waals surface area contributed by atoms with Gasteiger partial charge in [0, 0.05) is 19.5 Å². The number of aliphatic hydroxyl groups is 1. The van der Waals surface area contributed by atoms with Gasteiger partial charge in [0.25, 0.3) is 0 Å². The number of hydrogen-bond donors (Lipinski definition) is 2. The Hall–Kier alpha value is -1.10. The van der Waals surface area contributed by atoms with Gasteiger partial charge in [0.05, 0.1) is 13.2 Å². The van der Waals surface area contributed by atoms with Crippen molar-refractivity contribution in [3.63, 3.8) is 0 Å². The summed E-state index contributed by atoms with van der Waals surface area (Å²) < 4.78 is 0. The van der Waals surface area contributed by atoms with Crippen LogP contribution in [-0.2, 0) is 9.59 Å². The Balaban J connectivity index is 2.22. The first kappa shape index (κ1) is 16.0. The van der Waals surface area contributed by atoms with Crippen LogP contribution in [0, 0.1) is 5.92 Å². The molecule has 110 valence electrons. The van der Waals surface area contributed by atoms with E-state index in [0.717, 1.165) is 12.8 Å². The number of hydrogen-bond acceptors (Lipinski definition) is 3. The molecule has 5 heteroatoms. The van der Waals surface area contributed by atoms with Crippen LogP contribution in [0.2, 0.25) is 0 Å². The maximum atomic E-state index is 11.8. The topological polar surface area (TPSA) is 69.6 Å². The summed E-state index contributed by atoms with van der Waals surface area (Å²) in [5, 5.41) is 11.5. The molecule has 19 heavy (non-hydrogen) atoms. The van der Waals surface area contributed by atoms with E-state index in [-0.39, 0.29) is 25.0 Å². The number of aliphatic hydroxyl groups excluding tert-OH is 1. The van der Waals surface area contributed by atoms with E-state index in [1.807, 2.05) is 6.92 Å². The SMILES string of the molecule is CCN(CCO)C(=O)CNC(=O)CC1CCCCC1. The van der Waals surface area contributed by atoms with Crippen molar-refractivity contribution < 1.29 is 14.7 Å². The summed E-state index contributed by atoms with van der Waals surface area (Å²) in [7, 11) is 0. The first-order valence-corrected chi connectivity index (χ1v) is 7.32. The van der Waals surface area contributed by atoms with E-state index in [0.29, 0.717) is 25.4 Å². The predicted octanol–water partition coefficient (Wildman–Crippen LogP) is 0.914. The number of likely N-dealkylation sites (N-methyl/N-ethyl adjacent to an activating group) is 1. The minimum atomic E-state index is -0.131. The van der Waals surface area contributed by atoms with Crippen LogP contribution in [0.4, 0.5) is 0 Å². The fourth-order valence-electron chi connectivity index (χ4n) is 2.59. The largest absolute Gasteiger partial charge is 0.395 e. The van der Waals surface area contributed by atoms with Gasteiger partial charge in [-0.05, 0) is 25.7 Å². The molecular formula is C14H26N2O3. The number of carbonyl (C=O) groups is 2. The molecule has 2 amide bonds. The van der Waals surface area contributed by atoms with Crippen LogP contribution in [-0.4, -0.2) is 48.1 Å². The molecule has 0 aromatic rings. The second-order valence-electron chi connectivity index (χ2n) is 5.18. The molecule has 0 aliphatic heterocycles. The second-order valence-corrected chi connectivity index (χ2v) is 5.18. The van der Waals surface area contributed by atoms with Gasteiger partial charge in [-0.25, -0.2) is 0 Å². The van der Waals surface area contributed by atoms with E-state index in [4.69, 9.17) is 5.11 Å². The van der Waals surface area contributed by atoms with Gasteiger partial charge in [0.15, 0.2) is 0 Å². The van der Waals surface area contributed by atoms with Gasteiger partial charge < -0.3 is 15.3 Å². The van der Waals surface area contributed by atoms with Crippen molar-refractivity contribution >= 4 is 11.8 Å². The molecule has 1 fully saturated rings. The average Bonchev–Trinajstić information content (AvgIpc) is 2.43. The molecule has 0 aromatic carbocycles.